The second-order valence-electron chi connectivity index (χ2n) is 5.04. The summed E-state index contributed by atoms with van der Waals surface area (Å²) >= 11 is 1.62. The molecule has 0 unspecified atom stereocenters. The van der Waals surface area contributed by atoms with Crippen molar-refractivity contribution in [3.05, 3.63) is 47.2 Å². The summed E-state index contributed by atoms with van der Waals surface area (Å²) in [7, 11) is 0. The van der Waals surface area contributed by atoms with E-state index in [1.165, 1.54) is 16.7 Å². The maximum atomic E-state index is 5.71. The average molecular weight is 290 g/mol. The SMILES string of the molecule is Cc1cccc(COCCCCC2=CN=C(N)SC2)c1. The summed E-state index contributed by atoms with van der Waals surface area (Å²) in [5.41, 5.74) is 9.52. The van der Waals surface area contributed by atoms with E-state index in [1.807, 2.05) is 6.20 Å². The first-order chi connectivity index (χ1) is 9.74. The molecular weight excluding hydrogens is 268 g/mol. The topological polar surface area (TPSA) is 47.6 Å². The van der Waals surface area contributed by atoms with Crippen LogP contribution in [0.1, 0.15) is 30.4 Å². The van der Waals surface area contributed by atoms with Gasteiger partial charge >= 0.3 is 0 Å². The molecule has 2 rings (SSSR count). The average Bonchev–Trinajstić information content (AvgIpc) is 2.45. The summed E-state index contributed by atoms with van der Waals surface area (Å²) in [6.45, 7) is 3.63. The molecule has 0 amide bonds. The summed E-state index contributed by atoms with van der Waals surface area (Å²) in [5, 5.41) is 0.676. The van der Waals surface area contributed by atoms with Crippen LogP contribution < -0.4 is 5.73 Å². The van der Waals surface area contributed by atoms with Crippen molar-refractivity contribution < 1.29 is 4.74 Å². The van der Waals surface area contributed by atoms with E-state index < -0.39 is 0 Å². The maximum absolute atomic E-state index is 5.71. The Morgan fingerprint density at radius 3 is 3.00 bits per heavy atom. The molecule has 1 aliphatic heterocycles. The summed E-state index contributed by atoms with van der Waals surface area (Å²) in [5.74, 6) is 0.986. The molecule has 0 aromatic heterocycles. The number of thioether (sulfide) groups is 1. The zero-order valence-corrected chi connectivity index (χ0v) is 12.8. The minimum Gasteiger partial charge on any atom is -0.378 e. The van der Waals surface area contributed by atoms with E-state index in [2.05, 4.69) is 36.2 Å². The Morgan fingerprint density at radius 1 is 1.35 bits per heavy atom. The van der Waals surface area contributed by atoms with Gasteiger partial charge in [-0.2, -0.15) is 0 Å². The highest BCUT2D eigenvalue weighted by Crippen LogP contribution is 2.18. The van der Waals surface area contributed by atoms with Crippen LogP contribution in [0.4, 0.5) is 0 Å². The van der Waals surface area contributed by atoms with Gasteiger partial charge in [0, 0.05) is 18.6 Å². The Kier molecular flexibility index (Phi) is 6.15. The first-order valence-corrected chi connectivity index (χ1v) is 8.00. The van der Waals surface area contributed by atoms with Crippen LogP contribution in [0.3, 0.4) is 0 Å². The van der Waals surface area contributed by atoms with Crippen molar-refractivity contribution in [2.45, 2.75) is 32.8 Å². The van der Waals surface area contributed by atoms with E-state index in [4.69, 9.17) is 10.5 Å². The molecule has 4 heteroatoms. The van der Waals surface area contributed by atoms with Crippen molar-refractivity contribution in [2.75, 3.05) is 12.4 Å². The van der Waals surface area contributed by atoms with Crippen LogP contribution in [0.25, 0.3) is 0 Å². The van der Waals surface area contributed by atoms with Gasteiger partial charge in [0.05, 0.1) is 6.61 Å². The lowest BCUT2D eigenvalue weighted by molar-refractivity contribution is 0.117. The molecule has 0 saturated carbocycles. The molecular formula is C16H22N2OS. The summed E-state index contributed by atoms with van der Waals surface area (Å²) in [6, 6.07) is 8.47. The van der Waals surface area contributed by atoms with Gasteiger partial charge in [-0.15, -0.1) is 0 Å². The van der Waals surface area contributed by atoms with Crippen molar-refractivity contribution >= 4 is 16.9 Å². The zero-order chi connectivity index (χ0) is 14.2. The fourth-order valence-electron chi connectivity index (χ4n) is 2.08. The van der Waals surface area contributed by atoms with E-state index in [9.17, 15) is 0 Å². The predicted molar refractivity (Wildman–Crippen MR) is 86.8 cm³/mol. The smallest absolute Gasteiger partial charge is 0.158 e. The normalized spacial score (nSPS) is 14.8. The molecule has 0 spiro atoms. The molecule has 0 radical (unpaired) electrons. The molecule has 3 nitrogen and oxygen atoms in total. The van der Waals surface area contributed by atoms with Gasteiger partial charge in [-0.3, -0.25) is 0 Å². The summed E-state index contributed by atoms with van der Waals surface area (Å²) in [4.78, 5) is 4.14. The molecule has 0 saturated heterocycles. The Bertz CT molecular complexity index is 497. The third kappa shape index (κ3) is 5.39. The van der Waals surface area contributed by atoms with Crippen LogP contribution in [0.15, 0.2) is 41.0 Å². The van der Waals surface area contributed by atoms with Crippen molar-refractivity contribution in [3.63, 3.8) is 0 Å². The van der Waals surface area contributed by atoms with E-state index in [-0.39, 0.29) is 0 Å². The standard InChI is InChI=1S/C16H22N2OS/c1-13-5-4-7-14(9-13)11-19-8-3-2-6-15-10-18-16(17)20-12-15/h4-5,7,9-10H,2-3,6,8,11-12H2,1H3,(H2,17,18). The molecule has 1 aliphatic rings. The summed E-state index contributed by atoms with van der Waals surface area (Å²) in [6.07, 6.45) is 5.25. The third-order valence-corrected chi connectivity index (χ3v) is 4.08. The number of hydrogen-bond acceptors (Lipinski definition) is 4. The van der Waals surface area contributed by atoms with Gasteiger partial charge in [0.2, 0.25) is 0 Å². The monoisotopic (exact) mass is 290 g/mol. The predicted octanol–water partition coefficient (Wildman–Crippen LogP) is 3.63. The molecule has 0 aliphatic carbocycles. The third-order valence-electron chi connectivity index (χ3n) is 3.17. The number of unbranched alkanes of at least 4 members (excludes halogenated alkanes) is 1. The van der Waals surface area contributed by atoms with E-state index in [0.717, 1.165) is 31.6 Å². The van der Waals surface area contributed by atoms with Gasteiger partial charge in [-0.05, 0) is 37.3 Å². The fraction of sp³-hybridized carbons (Fsp3) is 0.438. The van der Waals surface area contributed by atoms with Crippen LogP contribution in [0.5, 0.6) is 0 Å². The number of nitrogens with two attached hydrogens (primary N) is 1. The van der Waals surface area contributed by atoms with Crippen LogP contribution in [0.2, 0.25) is 0 Å². The minimum absolute atomic E-state index is 0.676. The lowest BCUT2D eigenvalue weighted by Gasteiger charge is -2.10. The first-order valence-electron chi connectivity index (χ1n) is 7.01. The number of amidine groups is 1. The van der Waals surface area contributed by atoms with Gasteiger partial charge in [0.25, 0.3) is 0 Å². The number of nitrogens with zero attached hydrogens (tertiary/aromatic N) is 1. The van der Waals surface area contributed by atoms with Crippen molar-refractivity contribution in [3.8, 4) is 0 Å². The molecule has 1 aromatic carbocycles. The number of aryl methyl sites for hydroxylation is 1. The fourth-order valence-corrected chi connectivity index (χ4v) is 2.76. The number of benzene rings is 1. The molecule has 20 heavy (non-hydrogen) atoms. The highest BCUT2D eigenvalue weighted by molar-refractivity contribution is 8.14. The number of rotatable bonds is 7. The molecule has 0 bridgehead atoms. The van der Waals surface area contributed by atoms with Gasteiger partial charge in [0.15, 0.2) is 5.17 Å². The Balaban J connectivity index is 1.56. The van der Waals surface area contributed by atoms with E-state index >= 15 is 0 Å². The Morgan fingerprint density at radius 2 is 2.25 bits per heavy atom. The first kappa shape index (κ1) is 15.1. The van der Waals surface area contributed by atoms with Crippen LogP contribution in [-0.4, -0.2) is 17.5 Å². The van der Waals surface area contributed by atoms with Crippen LogP contribution in [-0.2, 0) is 11.3 Å². The van der Waals surface area contributed by atoms with E-state index in [0.29, 0.717) is 11.8 Å². The quantitative estimate of drug-likeness (QED) is 0.780. The lowest BCUT2D eigenvalue weighted by Crippen LogP contribution is -2.10. The minimum atomic E-state index is 0.676. The molecule has 2 N–H and O–H groups in total. The van der Waals surface area contributed by atoms with Crippen molar-refractivity contribution in [2.24, 2.45) is 10.7 Å². The second kappa shape index (κ2) is 8.12. The van der Waals surface area contributed by atoms with Gasteiger partial charge in [-0.25, -0.2) is 4.99 Å². The van der Waals surface area contributed by atoms with Gasteiger partial charge in [0.1, 0.15) is 0 Å². The lowest BCUT2D eigenvalue weighted by atomic mass is 10.1. The number of aliphatic imine (C=N–C) groups is 1. The molecule has 0 atom stereocenters. The number of ether oxygens (including phenoxy) is 1. The maximum Gasteiger partial charge on any atom is 0.158 e. The van der Waals surface area contributed by atoms with Crippen molar-refractivity contribution in [1.29, 1.82) is 0 Å². The highest BCUT2D eigenvalue weighted by Gasteiger charge is 2.05. The largest absolute Gasteiger partial charge is 0.378 e. The Labute approximate surface area is 125 Å². The number of hydrogen-bond donors (Lipinski definition) is 1. The van der Waals surface area contributed by atoms with Gasteiger partial charge in [-0.1, -0.05) is 41.6 Å². The zero-order valence-electron chi connectivity index (χ0n) is 12.0. The van der Waals surface area contributed by atoms with E-state index in [1.54, 1.807) is 11.8 Å². The molecule has 1 aromatic rings. The summed E-state index contributed by atoms with van der Waals surface area (Å²) < 4.78 is 5.71. The van der Waals surface area contributed by atoms with Crippen LogP contribution in [0, 0.1) is 6.92 Å². The molecule has 108 valence electrons. The van der Waals surface area contributed by atoms with Crippen molar-refractivity contribution in [1.82, 2.24) is 0 Å². The second-order valence-corrected chi connectivity index (χ2v) is 6.04. The van der Waals surface area contributed by atoms with Gasteiger partial charge < -0.3 is 10.5 Å². The van der Waals surface area contributed by atoms with Crippen LogP contribution >= 0.6 is 11.8 Å². The highest BCUT2D eigenvalue weighted by atomic mass is 32.2. The molecule has 0 fully saturated rings. The molecule has 1 heterocycles. The Hall–Kier alpha value is -1.26.